The highest BCUT2D eigenvalue weighted by atomic mass is 19.1. The van der Waals surface area contributed by atoms with Crippen molar-refractivity contribution in [1.82, 2.24) is 10.2 Å². The number of nitrogens with zero attached hydrogens (tertiary/aromatic N) is 1. The number of carbonyl (C=O) groups is 1. The molecule has 144 valence electrons. The van der Waals surface area contributed by atoms with Gasteiger partial charge >= 0.3 is 6.03 Å². The summed E-state index contributed by atoms with van der Waals surface area (Å²) >= 11 is 0. The molecule has 6 heteroatoms. The van der Waals surface area contributed by atoms with E-state index in [1.54, 1.807) is 6.07 Å². The molecule has 1 aromatic carbocycles. The maximum Gasteiger partial charge on any atom is 0.317 e. The number of amides is 2. The number of ether oxygens (including phenoxy) is 2. The molecule has 1 fully saturated rings. The highest BCUT2D eigenvalue weighted by Crippen LogP contribution is 2.33. The topological polar surface area (TPSA) is 50.8 Å². The minimum atomic E-state index is -0.366. The van der Waals surface area contributed by atoms with E-state index in [1.807, 2.05) is 11.0 Å². The SMILES string of the molecule is CCCOC1CCCN(C(=O)NC2CCCOc3c(F)cccc32)CC1. The Morgan fingerprint density at radius 3 is 3.04 bits per heavy atom. The number of carbonyl (C=O) groups excluding carboxylic acids is 1. The molecule has 2 amide bonds. The molecule has 0 aliphatic carbocycles. The van der Waals surface area contributed by atoms with Crippen molar-refractivity contribution in [3.8, 4) is 5.75 Å². The van der Waals surface area contributed by atoms with E-state index in [4.69, 9.17) is 9.47 Å². The standard InChI is InChI=1S/C20H29FN2O3/c1-2-13-25-15-6-4-11-23(12-10-15)20(24)22-18-9-5-14-26-19-16(18)7-3-8-17(19)21/h3,7-8,15,18H,2,4-6,9-14H2,1H3,(H,22,24). The van der Waals surface area contributed by atoms with Crippen molar-refractivity contribution in [3.05, 3.63) is 29.6 Å². The van der Waals surface area contributed by atoms with Crippen molar-refractivity contribution in [3.63, 3.8) is 0 Å². The second-order valence-corrected chi connectivity index (χ2v) is 7.06. The molecular weight excluding hydrogens is 335 g/mol. The van der Waals surface area contributed by atoms with E-state index in [1.165, 1.54) is 6.07 Å². The van der Waals surface area contributed by atoms with Gasteiger partial charge < -0.3 is 19.7 Å². The van der Waals surface area contributed by atoms with Gasteiger partial charge in [-0.3, -0.25) is 0 Å². The Bertz CT molecular complexity index is 611. The van der Waals surface area contributed by atoms with Crippen LogP contribution in [-0.4, -0.2) is 43.3 Å². The fourth-order valence-corrected chi connectivity index (χ4v) is 3.68. The van der Waals surface area contributed by atoms with Crippen LogP contribution in [0.3, 0.4) is 0 Å². The number of likely N-dealkylation sites (tertiary alicyclic amines) is 1. The van der Waals surface area contributed by atoms with Crippen LogP contribution in [0, 0.1) is 5.82 Å². The zero-order chi connectivity index (χ0) is 18.4. The van der Waals surface area contributed by atoms with Gasteiger partial charge in [0.05, 0.1) is 18.8 Å². The molecule has 1 N–H and O–H groups in total. The monoisotopic (exact) mass is 364 g/mol. The summed E-state index contributed by atoms with van der Waals surface area (Å²) in [6, 6.07) is 4.61. The Balaban J connectivity index is 1.62. The quantitative estimate of drug-likeness (QED) is 0.878. The molecule has 5 nitrogen and oxygen atoms in total. The van der Waals surface area contributed by atoms with Crippen LogP contribution in [0.5, 0.6) is 5.75 Å². The van der Waals surface area contributed by atoms with Gasteiger partial charge in [0.2, 0.25) is 0 Å². The molecule has 2 aliphatic rings. The number of fused-ring (bicyclic) bond motifs is 1. The van der Waals surface area contributed by atoms with Crippen molar-refractivity contribution in [2.45, 2.75) is 57.6 Å². The van der Waals surface area contributed by atoms with Crippen molar-refractivity contribution in [2.24, 2.45) is 0 Å². The molecule has 0 saturated carbocycles. The lowest BCUT2D eigenvalue weighted by atomic mass is 10.0. The first-order valence-corrected chi connectivity index (χ1v) is 9.77. The molecule has 3 rings (SSSR count). The molecule has 0 bridgehead atoms. The second-order valence-electron chi connectivity index (χ2n) is 7.06. The third kappa shape index (κ3) is 4.67. The lowest BCUT2D eigenvalue weighted by Crippen LogP contribution is -2.42. The van der Waals surface area contributed by atoms with Crippen LogP contribution in [0.4, 0.5) is 9.18 Å². The molecule has 2 aliphatic heterocycles. The van der Waals surface area contributed by atoms with Gasteiger partial charge in [0, 0.05) is 25.3 Å². The fraction of sp³-hybridized carbons (Fsp3) is 0.650. The average Bonchev–Trinajstić information content (AvgIpc) is 3.00. The smallest absolute Gasteiger partial charge is 0.317 e. The number of nitrogens with one attached hydrogen (secondary N) is 1. The van der Waals surface area contributed by atoms with Crippen molar-refractivity contribution >= 4 is 6.03 Å². The number of para-hydroxylation sites is 1. The molecule has 0 spiro atoms. The Morgan fingerprint density at radius 1 is 1.31 bits per heavy atom. The Labute approximate surface area is 154 Å². The molecule has 0 radical (unpaired) electrons. The predicted molar refractivity (Wildman–Crippen MR) is 97.9 cm³/mol. The Hall–Kier alpha value is -1.82. The van der Waals surface area contributed by atoms with E-state index in [0.717, 1.165) is 57.2 Å². The van der Waals surface area contributed by atoms with Gasteiger partial charge in [0.1, 0.15) is 0 Å². The molecule has 2 unspecified atom stereocenters. The predicted octanol–water partition coefficient (Wildman–Crippen LogP) is 4.03. The largest absolute Gasteiger partial charge is 0.490 e. The van der Waals surface area contributed by atoms with E-state index in [2.05, 4.69) is 12.2 Å². The number of hydrogen-bond acceptors (Lipinski definition) is 3. The first-order valence-electron chi connectivity index (χ1n) is 9.77. The second kappa shape index (κ2) is 9.21. The minimum Gasteiger partial charge on any atom is -0.490 e. The molecular formula is C20H29FN2O3. The summed E-state index contributed by atoms with van der Waals surface area (Å²) in [5, 5.41) is 3.10. The van der Waals surface area contributed by atoms with E-state index < -0.39 is 0 Å². The van der Waals surface area contributed by atoms with E-state index >= 15 is 0 Å². The van der Waals surface area contributed by atoms with Gasteiger partial charge in [-0.15, -0.1) is 0 Å². The van der Waals surface area contributed by atoms with Gasteiger partial charge in [-0.25, -0.2) is 9.18 Å². The van der Waals surface area contributed by atoms with Crippen molar-refractivity contribution in [1.29, 1.82) is 0 Å². The first-order chi connectivity index (χ1) is 12.7. The summed E-state index contributed by atoms with van der Waals surface area (Å²) in [4.78, 5) is 14.6. The van der Waals surface area contributed by atoms with Gasteiger partial charge in [0.25, 0.3) is 0 Å². The van der Waals surface area contributed by atoms with Crippen LogP contribution >= 0.6 is 0 Å². The van der Waals surface area contributed by atoms with Gasteiger partial charge in [-0.2, -0.15) is 0 Å². The minimum absolute atomic E-state index is 0.0803. The number of benzene rings is 1. The maximum absolute atomic E-state index is 14.1. The molecule has 1 saturated heterocycles. The number of rotatable bonds is 4. The van der Waals surface area contributed by atoms with E-state index in [-0.39, 0.29) is 29.7 Å². The van der Waals surface area contributed by atoms with Crippen LogP contribution in [0.15, 0.2) is 18.2 Å². The van der Waals surface area contributed by atoms with Gasteiger partial charge in [-0.1, -0.05) is 19.1 Å². The first kappa shape index (κ1) is 19.0. The number of urea groups is 1. The van der Waals surface area contributed by atoms with Crippen molar-refractivity contribution < 1.29 is 18.7 Å². The molecule has 2 heterocycles. The highest BCUT2D eigenvalue weighted by Gasteiger charge is 2.27. The zero-order valence-electron chi connectivity index (χ0n) is 15.5. The highest BCUT2D eigenvalue weighted by molar-refractivity contribution is 5.75. The van der Waals surface area contributed by atoms with Gasteiger partial charge in [0.15, 0.2) is 11.6 Å². The van der Waals surface area contributed by atoms with E-state index in [9.17, 15) is 9.18 Å². The van der Waals surface area contributed by atoms with Crippen molar-refractivity contribution in [2.75, 3.05) is 26.3 Å². The summed E-state index contributed by atoms with van der Waals surface area (Å²) in [7, 11) is 0. The normalized spacial score (nSPS) is 23.4. The van der Waals surface area contributed by atoms with Crippen LogP contribution in [0.1, 0.15) is 57.1 Å². The number of hydrogen-bond donors (Lipinski definition) is 1. The van der Waals surface area contributed by atoms with Crippen LogP contribution < -0.4 is 10.1 Å². The summed E-state index contributed by atoms with van der Waals surface area (Å²) in [5.74, 6) is -0.0893. The van der Waals surface area contributed by atoms with Gasteiger partial charge in [-0.05, 0) is 44.6 Å². The average molecular weight is 364 g/mol. The Morgan fingerprint density at radius 2 is 2.19 bits per heavy atom. The molecule has 26 heavy (non-hydrogen) atoms. The summed E-state index contributed by atoms with van der Waals surface area (Å²) in [6.07, 6.45) is 5.60. The summed E-state index contributed by atoms with van der Waals surface area (Å²) in [6.45, 7) is 4.78. The van der Waals surface area contributed by atoms with E-state index in [0.29, 0.717) is 13.2 Å². The molecule has 0 aromatic heterocycles. The zero-order valence-corrected chi connectivity index (χ0v) is 15.5. The molecule has 1 aromatic rings. The Kier molecular flexibility index (Phi) is 6.72. The van der Waals surface area contributed by atoms with Crippen LogP contribution in [0.2, 0.25) is 0 Å². The maximum atomic E-state index is 14.1. The van der Waals surface area contributed by atoms with Crippen LogP contribution in [-0.2, 0) is 4.74 Å². The van der Waals surface area contributed by atoms with Crippen LogP contribution in [0.25, 0.3) is 0 Å². The molecule has 2 atom stereocenters. The lowest BCUT2D eigenvalue weighted by Gasteiger charge is -2.25. The third-order valence-electron chi connectivity index (χ3n) is 5.07. The third-order valence-corrected chi connectivity index (χ3v) is 5.07. The lowest BCUT2D eigenvalue weighted by molar-refractivity contribution is 0.0445. The fourth-order valence-electron chi connectivity index (χ4n) is 3.68. The summed E-state index contributed by atoms with van der Waals surface area (Å²) in [5.41, 5.74) is 0.731. The number of halogens is 1. The summed E-state index contributed by atoms with van der Waals surface area (Å²) < 4.78 is 25.5.